The summed E-state index contributed by atoms with van der Waals surface area (Å²) in [5.74, 6) is 1.57. The van der Waals surface area contributed by atoms with Gasteiger partial charge >= 0.3 is 0 Å². The smallest absolute Gasteiger partial charge is 0.247 e. The van der Waals surface area contributed by atoms with Crippen LogP contribution in [0.1, 0.15) is 72.1 Å². The molecule has 4 aliphatic rings. The zero-order chi connectivity index (χ0) is 24.5. The van der Waals surface area contributed by atoms with Crippen molar-refractivity contribution in [2.45, 2.75) is 83.1 Å². The van der Waals surface area contributed by atoms with Crippen molar-refractivity contribution in [2.75, 3.05) is 11.9 Å². The molecule has 0 aliphatic heterocycles. The van der Waals surface area contributed by atoms with Crippen LogP contribution in [0, 0.1) is 29.1 Å². The lowest BCUT2D eigenvalue weighted by Crippen LogP contribution is -2.57. The first-order chi connectivity index (χ1) is 16.1. The number of anilines is 1. The molecule has 0 heterocycles. The second-order valence-corrected chi connectivity index (χ2v) is 12.9. The minimum Gasteiger partial charge on any atom is -0.344 e. The van der Waals surface area contributed by atoms with Crippen molar-refractivity contribution in [2.24, 2.45) is 29.1 Å². The minimum atomic E-state index is -3.64. The Labute approximate surface area is 203 Å². The molecule has 3 N–H and O–H groups in total. The average Bonchev–Trinajstić information content (AvgIpc) is 2.76. The number of unbranched alkanes of at least 4 members (excludes halogenated alkanes) is 1. The molecule has 4 aliphatic carbocycles. The van der Waals surface area contributed by atoms with E-state index in [-0.39, 0.29) is 28.0 Å². The van der Waals surface area contributed by atoms with Crippen LogP contribution >= 0.6 is 0 Å². The van der Waals surface area contributed by atoms with Gasteiger partial charge in [-0.15, -0.1) is 0 Å². The highest BCUT2D eigenvalue weighted by atomic mass is 32.2. The van der Waals surface area contributed by atoms with Crippen molar-refractivity contribution in [1.29, 1.82) is 0 Å². The highest BCUT2D eigenvalue weighted by Crippen LogP contribution is 2.60. The fourth-order valence-corrected chi connectivity index (χ4v) is 7.77. The molecule has 4 bridgehead atoms. The molecule has 0 aromatic heterocycles. The van der Waals surface area contributed by atoms with Crippen LogP contribution in [0.25, 0.3) is 0 Å². The number of hydrogen-bond donors (Lipinski definition) is 3. The Morgan fingerprint density at radius 3 is 2.24 bits per heavy atom. The number of carbonyl (C=O) groups excluding carboxylic acids is 2. The summed E-state index contributed by atoms with van der Waals surface area (Å²) < 4.78 is 27.7. The van der Waals surface area contributed by atoms with Gasteiger partial charge in [-0.1, -0.05) is 33.3 Å². The van der Waals surface area contributed by atoms with Gasteiger partial charge in [0.2, 0.25) is 21.8 Å². The summed E-state index contributed by atoms with van der Waals surface area (Å²) in [5, 5.41) is 5.93. The van der Waals surface area contributed by atoms with Crippen molar-refractivity contribution < 1.29 is 18.0 Å². The SMILES string of the molecule is CCCCNS(=O)(=O)c1cccc(NC(=O)[C@H](NC(=O)C23CC4CC(CC(C4)C2)C3)C(C)C)c1. The van der Waals surface area contributed by atoms with Crippen molar-refractivity contribution in [1.82, 2.24) is 10.0 Å². The summed E-state index contributed by atoms with van der Waals surface area (Å²) in [6, 6.07) is 5.58. The summed E-state index contributed by atoms with van der Waals surface area (Å²) in [5.41, 5.74) is 0.0819. The van der Waals surface area contributed by atoms with E-state index in [0.717, 1.165) is 32.1 Å². The molecular weight excluding hydrogens is 450 g/mol. The van der Waals surface area contributed by atoms with Crippen LogP contribution in [0.5, 0.6) is 0 Å². The van der Waals surface area contributed by atoms with Gasteiger partial charge in [-0.25, -0.2) is 13.1 Å². The maximum atomic E-state index is 13.5. The second-order valence-electron chi connectivity index (χ2n) is 11.2. The molecule has 8 heteroatoms. The Bertz CT molecular complexity index is 985. The van der Waals surface area contributed by atoms with Gasteiger partial charge in [0.1, 0.15) is 6.04 Å². The number of benzene rings is 1. The third-order valence-corrected chi connectivity index (χ3v) is 9.45. The lowest BCUT2D eigenvalue weighted by atomic mass is 9.49. The average molecular weight is 490 g/mol. The maximum Gasteiger partial charge on any atom is 0.247 e. The number of sulfonamides is 1. The van der Waals surface area contributed by atoms with Crippen molar-refractivity contribution in [3.05, 3.63) is 24.3 Å². The molecule has 2 amide bonds. The predicted octanol–water partition coefficient (Wildman–Crippen LogP) is 4.06. The molecule has 188 valence electrons. The number of hydrogen-bond acceptors (Lipinski definition) is 4. The van der Waals surface area contributed by atoms with E-state index in [9.17, 15) is 18.0 Å². The highest BCUT2D eigenvalue weighted by molar-refractivity contribution is 7.89. The van der Waals surface area contributed by atoms with Gasteiger partial charge in [-0.2, -0.15) is 0 Å². The molecule has 0 unspecified atom stereocenters. The van der Waals surface area contributed by atoms with E-state index in [1.807, 2.05) is 20.8 Å². The van der Waals surface area contributed by atoms with Crippen molar-refractivity contribution >= 4 is 27.5 Å². The molecule has 4 saturated carbocycles. The molecule has 0 spiro atoms. The third-order valence-electron chi connectivity index (χ3n) is 7.99. The van der Waals surface area contributed by atoms with Gasteiger partial charge in [0.15, 0.2) is 0 Å². The first-order valence-electron chi connectivity index (χ1n) is 12.8. The van der Waals surface area contributed by atoms with Gasteiger partial charge in [0, 0.05) is 17.6 Å². The van der Waals surface area contributed by atoms with Gasteiger partial charge in [0.25, 0.3) is 0 Å². The van der Waals surface area contributed by atoms with Gasteiger partial charge in [-0.3, -0.25) is 9.59 Å². The maximum absolute atomic E-state index is 13.5. The zero-order valence-electron chi connectivity index (χ0n) is 20.6. The highest BCUT2D eigenvalue weighted by Gasteiger charge is 2.55. The summed E-state index contributed by atoms with van der Waals surface area (Å²) in [6.07, 6.45) is 8.26. The molecule has 1 aromatic carbocycles. The van der Waals surface area contributed by atoms with Crippen molar-refractivity contribution in [3.63, 3.8) is 0 Å². The van der Waals surface area contributed by atoms with Crippen LogP contribution in [0.4, 0.5) is 5.69 Å². The Hall–Kier alpha value is -1.93. The third kappa shape index (κ3) is 5.33. The van der Waals surface area contributed by atoms with Gasteiger partial charge < -0.3 is 10.6 Å². The topological polar surface area (TPSA) is 104 Å². The molecule has 1 aromatic rings. The number of nitrogens with one attached hydrogen (secondary N) is 3. The van der Waals surface area contributed by atoms with E-state index < -0.39 is 16.1 Å². The normalized spacial score (nSPS) is 28.6. The van der Waals surface area contributed by atoms with Gasteiger partial charge in [0.05, 0.1) is 4.90 Å². The minimum absolute atomic E-state index is 0.0249. The Morgan fingerprint density at radius 2 is 1.68 bits per heavy atom. The van der Waals surface area contributed by atoms with Crippen LogP contribution in [-0.4, -0.2) is 32.8 Å². The lowest BCUT2D eigenvalue weighted by Gasteiger charge is -2.55. The van der Waals surface area contributed by atoms with Crippen LogP contribution in [0.3, 0.4) is 0 Å². The first kappa shape index (κ1) is 25.2. The summed E-state index contributed by atoms with van der Waals surface area (Å²) in [6.45, 7) is 6.21. The predicted molar refractivity (Wildman–Crippen MR) is 133 cm³/mol. The molecule has 34 heavy (non-hydrogen) atoms. The van der Waals surface area contributed by atoms with E-state index in [1.54, 1.807) is 12.1 Å². The quantitative estimate of drug-likeness (QED) is 0.431. The van der Waals surface area contributed by atoms with Crippen LogP contribution < -0.4 is 15.4 Å². The molecule has 5 rings (SSSR count). The van der Waals surface area contributed by atoms with E-state index in [1.165, 1.54) is 31.4 Å². The molecule has 1 atom stereocenters. The summed E-state index contributed by atoms with van der Waals surface area (Å²) >= 11 is 0. The van der Waals surface area contributed by atoms with E-state index in [2.05, 4.69) is 15.4 Å². The first-order valence-corrected chi connectivity index (χ1v) is 14.3. The molecular formula is C26H39N3O4S. The van der Waals surface area contributed by atoms with Crippen LogP contribution in [0.15, 0.2) is 29.2 Å². The largest absolute Gasteiger partial charge is 0.344 e. The Balaban J connectivity index is 1.43. The van der Waals surface area contributed by atoms with E-state index in [0.29, 0.717) is 30.0 Å². The van der Waals surface area contributed by atoms with Gasteiger partial charge in [-0.05, 0) is 86.8 Å². The fraction of sp³-hybridized carbons (Fsp3) is 0.692. The molecule has 4 fully saturated rings. The lowest BCUT2D eigenvalue weighted by molar-refractivity contribution is -0.148. The number of rotatable bonds is 10. The summed E-state index contributed by atoms with van der Waals surface area (Å²) in [4.78, 5) is 26.8. The Kier molecular flexibility index (Phi) is 7.38. The number of amides is 2. The summed E-state index contributed by atoms with van der Waals surface area (Å²) in [7, 11) is -3.64. The van der Waals surface area contributed by atoms with Crippen LogP contribution in [-0.2, 0) is 19.6 Å². The number of carbonyl (C=O) groups is 2. The molecule has 7 nitrogen and oxygen atoms in total. The zero-order valence-corrected chi connectivity index (χ0v) is 21.4. The van der Waals surface area contributed by atoms with E-state index in [4.69, 9.17) is 0 Å². The second kappa shape index (κ2) is 9.97. The van der Waals surface area contributed by atoms with Crippen molar-refractivity contribution in [3.8, 4) is 0 Å². The molecule has 0 radical (unpaired) electrons. The standard InChI is InChI=1S/C26H39N3O4S/c1-4-5-9-27-34(32,33)22-8-6-7-21(13-22)28-24(30)23(17(2)3)29-25(31)26-14-18-10-19(15-26)12-20(11-18)16-26/h6-8,13,17-20,23,27H,4-5,9-12,14-16H2,1-3H3,(H,28,30)(H,29,31)/t18?,19?,20?,23-,26?/m1/s1. The fourth-order valence-electron chi connectivity index (χ4n) is 6.65. The van der Waals surface area contributed by atoms with E-state index >= 15 is 0 Å². The molecule has 0 saturated heterocycles. The van der Waals surface area contributed by atoms with Crippen LogP contribution in [0.2, 0.25) is 0 Å². The Morgan fingerprint density at radius 1 is 1.06 bits per heavy atom. The monoisotopic (exact) mass is 489 g/mol.